The van der Waals surface area contributed by atoms with Crippen LogP contribution in [-0.4, -0.2) is 15.0 Å². The summed E-state index contributed by atoms with van der Waals surface area (Å²) < 4.78 is 0. The molecule has 2 aromatic rings. The molecular formula is C12H16N4S. The number of rotatable bonds is 4. The molecule has 1 N–H and O–H groups in total. The molecule has 1 unspecified atom stereocenters. The van der Waals surface area contributed by atoms with Gasteiger partial charge in [0.25, 0.3) is 0 Å². The molecule has 0 fully saturated rings. The molecule has 0 radical (unpaired) electrons. The third-order valence-electron chi connectivity index (χ3n) is 2.67. The van der Waals surface area contributed by atoms with Gasteiger partial charge in [-0.25, -0.2) is 9.97 Å². The summed E-state index contributed by atoms with van der Waals surface area (Å²) in [5.41, 5.74) is 1.93. The van der Waals surface area contributed by atoms with Crippen molar-refractivity contribution >= 4 is 17.2 Å². The van der Waals surface area contributed by atoms with Crippen LogP contribution in [0.5, 0.6) is 0 Å². The van der Waals surface area contributed by atoms with Gasteiger partial charge in [-0.2, -0.15) is 0 Å². The average molecular weight is 248 g/mol. The minimum absolute atomic E-state index is 0.214. The summed E-state index contributed by atoms with van der Waals surface area (Å²) in [6.07, 6.45) is 4.58. The minimum Gasteiger partial charge on any atom is -0.360 e. The fraction of sp³-hybridized carbons (Fsp3) is 0.417. The molecule has 4 nitrogen and oxygen atoms in total. The second-order valence-corrected chi connectivity index (χ2v) is 4.83. The van der Waals surface area contributed by atoms with E-state index in [1.54, 1.807) is 17.5 Å². The quantitative estimate of drug-likeness (QED) is 0.903. The third-order valence-corrected chi connectivity index (χ3v) is 3.56. The van der Waals surface area contributed by atoms with E-state index in [1.165, 1.54) is 0 Å². The molecule has 90 valence electrons. The molecule has 0 saturated heterocycles. The lowest BCUT2D eigenvalue weighted by Gasteiger charge is -2.15. The Morgan fingerprint density at radius 1 is 1.29 bits per heavy atom. The Balaban J connectivity index is 2.16. The zero-order valence-corrected chi connectivity index (χ0v) is 11.1. The monoisotopic (exact) mass is 248 g/mol. The molecular weight excluding hydrogens is 232 g/mol. The van der Waals surface area contributed by atoms with Crippen molar-refractivity contribution in [1.29, 1.82) is 0 Å². The van der Waals surface area contributed by atoms with E-state index >= 15 is 0 Å². The van der Waals surface area contributed by atoms with E-state index < -0.39 is 0 Å². The maximum absolute atomic E-state index is 4.47. The molecule has 0 amide bonds. The predicted molar refractivity (Wildman–Crippen MR) is 70.3 cm³/mol. The van der Waals surface area contributed by atoms with Crippen molar-refractivity contribution in [2.75, 3.05) is 5.32 Å². The number of hydrogen-bond acceptors (Lipinski definition) is 5. The summed E-state index contributed by atoms with van der Waals surface area (Å²) in [7, 11) is 0. The average Bonchev–Trinajstić information content (AvgIpc) is 2.84. The molecule has 2 rings (SSSR count). The predicted octanol–water partition coefficient (Wildman–Crippen LogP) is 3.11. The van der Waals surface area contributed by atoms with Crippen molar-refractivity contribution in [3.8, 4) is 0 Å². The normalized spacial score (nSPS) is 12.4. The second-order valence-electron chi connectivity index (χ2n) is 3.90. The van der Waals surface area contributed by atoms with Gasteiger partial charge in [0.15, 0.2) is 0 Å². The van der Waals surface area contributed by atoms with E-state index in [2.05, 4.69) is 27.2 Å². The van der Waals surface area contributed by atoms with Crippen LogP contribution in [0.3, 0.4) is 0 Å². The number of hydrogen-bond donors (Lipinski definition) is 1. The Morgan fingerprint density at radius 2 is 2.12 bits per heavy atom. The van der Waals surface area contributed by atoms with E-state index in [1.807, 2.05) is 25.4 Å². The lowest BCUT2D eigenvalue weighted by atomic mass is 10.2. The molecule has 0 aromatic carbocycles. The molecule has 0 aliphatic heterocycles. The Hall–Kier alpha value is -1.49. The zero-order valence-electron chi connectivity index (χ0n) is 10.3. The SMILES string of the molecule is CCC(Nc1cnc(C)c(C)n1)c1nccs1. The molecule has 17 heavy (non-hydrogen) atoms. The van der Waals surface area contributed by atoms with Crippen LogP contribution >= 0.6 is 11.3 Å². The summed E-state index contributed by atoms with van der Waals surface area (Å²) in [5, 5.41) is 6.46. The first-order chi connectivity index (χ1) is 8.20. The van der Waals surface area contributed by atoms with Gasteiger partial charge in [-0.05, 0) is 20.3 Å². The van der Waals surface area contributed by atoms with Crippen molar-refractivity contribution in [3.63, 3.8) is 0 Å². The molecule has 1 atom stereocenters. The molecule has 5 heteroatoms. The van der Waals surface area contributed by atoms with Crippen LogP contribution in [0.15, 0.2) is 17.8 Å². The standard InChI is InChI=1S/C12H16N4S/c1-4-10(12-13-5-6-17-12)16-11-7-14-8(2)9(3)15-11/h5-7,10H,4H2,1-3H3,(H,15,16). The second kappa shape index (κ2) is 5.23. The highest BCUT2D eigenvalue weighted by Gasteiger charge is 2.12. The number of anilines is 1. The lowest BCUT2D eigenvalue weighted by molar-refractivity contribution is 0.735. The number of aryl methyl sites for hydroxylation is 2. The van der Waals surface area contributed by atoms with Gasteiger partial charge in [0.2, 0.25) is 0 Å². The maximum atomic E-state index is 4.47. The third kappa shape index (κ3) is 2.79. The fourth-order valence-corrected chi connectivity index (χ4v) is 2.31. The van der Waals surface area contributed by atoms with Gasteiger partial charge in [0.05, 0.1) is 23.6 Å². The van der Waals surface area contributed by atoms with E-state index in [0.29, 0.717) is 0 Å². The molecule has 0 aliphatic rings. The largest absolute Gasteiger partial charge is 0.360 e. The first-order valence-corrected chi connectivity index (χ1v) is 6.55. The molecule has 0 saturated carbocycles. The first-order valence-electron chi connectivity index (χ1n) is 5.67. The van der Waals surface area contributed by atoms with E-state index in [0.717, 1.165) is 28.6 Å². The van der Waals surface area contributed by atoms with E-state index in [9.17, 15) is 0 Å². The highest BCUT2D eigenvalue weighted by Crippen LogP contribution is 2.23. The van der Waals surface area contributed by atoms with Crippen molar-refractivity contribution in [3.05, 3.63) is 34.2 Å². The van der Waals surface area contributed by atoms with Crippen LogP contribution < -0.4 is 5.32 Å². The van der Waals surface area contributed by atoms with Crippen molar-refractivity contribution < 1.29 is 0 Å². The summed E-state index contributed by atoms with van der Waals surface area (Å²) in [6.45, 7) is 6.07. The van der Waals surface area contributed by atoms with E-state index in [-0.39, 0.29) is 6.04 Å². The summed E-state index contributed by atoms with van der Waals surface area (Å²) in [4.78, 5) is 13.1. The van der Waals surface area contributed by atoms with Crippen LogP contribution in [0, 0.1) is 13.8 Å². The lowest BCUT2D eigenvalue weighted by Crippen LogP contribution is -2.11. The smallest absolute Gasteiger partial charge is 0.145 e. The summed E-state index contributed by atoms with van der Waals surface area (Å²) in [6, 6.07) is 0.214. The number of thiazole rings is 1. The molecule has 2 aromatic heterocycles. The molecule has 0 bridgehead atoms. The Morgan fingerprint density at radius 3 is 2.71 bits per heavy atom. The highest BCUT2D eigenvalue weighted by atomic mass is 32.1. The van der Waals surface area contributed by atoms with Crippen molar-refractivity contribution in [2.24, 2.45) is 0 Å². The molecule has 2 heterocycles. The van der Waals surface area contributed by atoms with Gasteiger partial charge < -0.3 is 5.32 Å². The zero-order chi connectivity index (χ0) is 12.3. The van der Waals surface area contributed by atoms with Crippen LogP contribution in [0.4, 0.5) is 5.82 Å². The van der Waals surface area contributed by atoms with Gasteiger partial charge in [-0.1, -0.05) is 6.92 Å². The maximum Gasteiger partial charge on any atom is 0.145 e. The Labute approximate surface area is 105 Å². The summed E-state index contributed by atoms with van der Waals surface area (Å²) in [5.74, 6) is 0.815. The minimum atomic E-state index is 0.214. The molecule has 0 spiro atoms. The first kappa shape index (κ1) is 12.0. The van der Waals surface area contributed by atoms with Crippen LogP contribution in [-0.2, 0) is 0 Å². The van der Waals surface area contributed by atoms with Crippen molar-refractivity contribution in [1.82, 2.24) is 15.0 Å². The van der Waals surface area contributed by atoms with Crippen LogP contribution in [0.25, 0.3) is 0 Å². The van der Waals surface area contributed by atoms with Gasteiger partial charge >= 0.3 is 0 Å². The van der Waals surface area contributed by atoms with Gasteiger partial charge in [-0.3, -0.25) is 4.98 Å². The highest BCUT2D eigenvalue weighted by molar-refractivity contribution is 7.09. The number of nitrogens with zero attached hydrogens (tertiary/aromatic N) is 3. The topological polar surface area (TPSA) is 50.7 Å². The number of nitrogens with one attached hydrogen (secondary N) is 1. The van der Waals surface area contributed by atoms with E-state index in [4.69, 9.17) is 0 Å². The molecule has 0 aliphatic carbocycles. The Bertz CT molecular complexity index is 481. The Kier molecular flexibility index (Phi) is 3.68. The van der Waals surface area contributed by atoms with Gasteiger partial charge in [-0.15, -0.1) is 11.3 Å². The van der Waals surface area contributed by atoms with Crippen LogP contribution in [0.2, 0.25) is 0 Å². The van der Waals surface area contributed by atoms with Crippen LogP contribution in [0.1, 0.15) is 35.8 Å². The van der Waals surface area contributed by atoms with Gasteiger partial charge in [0.1, 0.15) is 10.8 Å². The number of aromatic nitrogens is 3. The van der Waals surface area contributed by atoms with Crippen molar-refractivity contribution in [2.45, 2.75) is 33.2 Å². The van der Waals surface area contributed by atoms with Gasteiger partial charge in [0, 0.05) is 11.6 Å². The fourth-order valence-electron chi connectivity index (χ4n) is 1.53. The summed E-state index contributed by atoms with van der Waals surface area (Å²) >= 11 is 1.66.